The molecule has 2 aliphatic heterocycles. The van der Waals surface area contributed by atoms with E-state index >= 15 is 0 Å². The molecule has 3 unspecified atom stereocenters. The first-order valence-corrected chi connectivity index (χ1v) is 13.4. The number of carbonyl (C=O) groups excluding carboxylic acids is 1. The first kappa shape index (κ1) is 27.5. The van der Waals surface area contributed by atoms with Gasteiger partial charge in [0.1, 0.15) is 18.1 Å². The second-order valence-electron chi connectivity index (χ2n) is 10.8. The second-order valence-corrected chi connectivity index (χ2v) is 10.8. The Bertz CT molecular complexity index is 1520. The number of nitrogens with zero attached hydrogens (tertiary/aromatic N) is 2. The predicted molar refractivity (Wildman–Crippen MR) is 149 cm³/mol. The molecule has 1 N–H and O–H groups in total. The fourth-order valence-electron chi connectivity index (χ4n) is 5.83. The summed E-state index contributed by atoms with van der Waals surface area (Å²) >= 11 is 0. The predicted octanol–water partition coefficient (Wildman–Crippen LogP) is 3.78. The van der Waals surface area contributed by atoms with Gasteiger partial charge >= 0.3 is 5.97 Å². The van der Waals surface area contributed by atoms with Gasteiger partial charge in [-0.05, 0) is 48.6 Å². The Morgan fingerprint density at radius 1 is 1.15 bits per heavy atom. The summed E-state index contributed by atoms with van der Waals surface area (Å²) in [7, 11) is 1.29. The highest BCUT2D eigenvalue weighted by atomic mass is 16.5. The van der Waals surface area contributed by atoms with Gasteiger partial charge in [0.2, 0.25) is 11.2 Å². The van der Waals surface area contributed by atoms with Gasteiger partial charge < -0.3 is 23.6 Å². The lowest BCUT2D eigenvalue weighted by molar-refractivity contribution is -0.140. The van der Waals surface area contributed by atoms with Crippen molar-refractivity contribution in [3.8, 4) is 11.5 Å². The van der Waals surface area contributed by atoms with E-state index in [0.717, 1.165) is 30.8 Å². The molecule has 2 aromatic heterocycles. The van der Waals surface area contributed by atoms with Gasteiger partial charge in [0.05, 0.1) is 26.0 Å². The molecule has 1 fully saturated rings. The van der Waals surface area contributed by atoms with Crippen LogP contribution in [0.4, 0.5) is 0 Å². The smallest absolute Gasteiger partial charge is 0.306 e. The van der Waals surface area contributed by atoms with Gasteiger partial charge in [-0.2, -0.15) is 0 Å². The summed E-state index contributed by atoms with van der Waals surface area (Å²) in [5.41, 5.74) is 2.04. The number of fused-ring (bicyclic) bond motifs is 4. The fourth-order valence-corrected chi connectivity index (χ4v) is 5.83. The van der Waals surface area contributed by atoms with Crippen molar-refractivity contribution < 1.29 is 23.8 Å². The molecule has 4 heterocycles. The second kappa shape index (κ2) is 11.6. The minimum Gasteiger partial charge on any atom is -0.502 e. The fraction of sp³-hybridized carbons (Fsp3) is 0.387. The zero-order valence-electron chi connectivity index (χ0n) is 22.8. The summed E-state index contributed by atoms with van der Waals surface area (Å²) in [6, 6.07) is 13.8. The van der Waals surface area contributed by atoms with Crippen molar-refractivity contribution in [3.05, 3.63) is 104 Å². The van der Waals surface area contributed by atoms with Gasteiger partial charge in [-0.25, -0.2) is 0 Å². The van der Waals surface area contributed by atoms with Crippen LogP contribution in [0.1, 0.15) is 54.4 Å². The van der Waals surface area contributed by atoms with Crippen LogP contribution in [0.25, 0.3) is 0 Å². The van der Waals surface area contributed by atoms with E-state index in [0.29, 0.717) is 42.7 Å². The lowest BCUT2D eigenvalue weighted by Crippen LogP contribution is -2.46. The molecule has 2 aliphatic rings. The number of hydrogen-bond acceptors (Lipinski definition) is 8. The molecule has 1 aromatic carbocycles. The zero-order valence-corrected chi connectivity index (χ0v) is 22.8. The number of aromatic nitrogens is 1. The molecule has 0 radical (unpaired) electrons. The average Bonchev–Trinajstić information content (AvgIpc) is 2.93. The Balaban J connectivity index is 1.41. The largest absolute Gasteiger partial charge is 0.502 e. The maximum absolute atomic E-state index is 12.9. The molecule has 3 atom stereocenters. The van der Waals surface area contributed by atoms with Crippen LogP contribution >= 0.6 is 0 Å². The number of piperidine rings is 1. The summed E-state index contributed by atoms with van der Waals surface area (Å²) in [4.78, 5) is 39.8. The standard InChI is InChI=1S/C31H34N2O7/c1-19(2)18-39-23-9-7-21(8-10-23)25(13-29(36)38-3)31-30(37)27(34)12-24(40-31)17-32-14-20-11-22(16-32)26-5-4-6-28(35)33(26)15-20/h4-10,12,20,22,25,37H,1,11,13-18H2,2-3H3. The number of hydrogen-bond donors (Lipinski definition) is 1. The van der Waals surface area contributed by atoms with Crippen LogP contribution in [-0.4, -0.2) is 47.3 Å². The molecule has 0 aliphatic carbocycles. The topological polar surface area (TPSA) is 111 Å². The van der Waals surface area contributed by atoms with Gasteiger partial charge in [0.25, 0.3) is 5.56 Å². The minimum absolute atomic E-state index is 0.0256. The maximum atomic E-state index is 12.9. The van der Waals surface area contributed by atoms with Crippen molar-refractivity contribution in [1.29, 1.82) is 0 Å². The molecule has 9 nitrogen and oxygen atoms in total. The molecule has 0 spiro atoms. The highest BCUT2D eigenvalue weighted by Crippen LogP contribution is 2.37. The molecule has 0 saturated carbocycles. The summed E-state index contributed by atoms with van der Waals surface area (Å²) in [6.45, 7) is 8.59. The molecule has 9 heteroatoms. The molecule has 3 aromatic rings. The summed E-state index contributed by atoms with van der Waals surface area (Å²) in [5, 5.41) is 10.8. The van der Waals surface area contributed by atoms with E-state index < -0.39 is 23.1 Å². The van der Waals surface area contributed by atoms with Gasteiger partial charge in [-0.1, -0.05) is 24.8 Å². The summed E-state index contributed by atoms with van der Waals surface area (Å²) in [5.74, 6) is -0.189. The van der Waals surface area contributed by atoms with E-state index in [9.17, 15) is 19.5 Å². The Morgan fingerprint density at radius 2 is 1.93 bits per heavy atom. The summed E-state index contributed by atoms with van der Waals surface area (Å²) in [6.07, 6.45) is 0.889. The van der Waals surface area contributed by atoms with Gasteiger partial charge in [-0.15, -0.1) is 0 Å². The highest BCUT2D eigenvalue weighted by Gasteiger charge is 2.35. The zero-order chi connectivity index (χ0) is 28.4. The first-order valence-electron chi connectivity index (χ1n) is 13.4. The minimum atomic E-state index is -0.741. The lowest BCUT2D eigenvalue weighted by atomic mass is 9.83. The SMILES string of the molecule is C=C(C)COc1ccc(C(CC(=O)OC)c2oc(CN3CC4CC(C3)c3cccc(=O)n3C4)cc(=O)c2O)cc1. The average molecular weight is 547 g/mol. The van der Waals surface area contributed by atoms with E-state index in [1.807, 2.05) is 17.6 Å². The lowest BCUT2D eigenvalue weighted by Gasteiger charge is -2.42. The van der Waals surface area contributed by atoms with Gasteiger partial charge in [0, 0.05) is 43.4 Å². The molecule has 5 rings (SSSR count). The van der Waals surface area contributed by atoms with Crippen LogP contribution in [0.3, 0.4) is 0 Å². The molecule has 1 saturated heterocycles. The third-order valence-corrected chi connectivity index (χ3v) is 7.62. The number of esters is 1. The van der Waals surface area contributed by atoms with Crippen LogP contribution < -0.4 is 15.7 Å². The van der Waals surface area contributed by atoms with Crippen LogP contribution in [0, 0.1) is 5.92 Å². The molecule has 210 valence electrons. The molecule has 0 amide bonds. The Kier molecular flexibility index (Phi) is 7.93. The van der Waals surface area contributed by atoms with Crippen LogP contribution in [0.2, 0.25) is 0 Å². The van der Waals surface area contributed by atoms with Crippen LogP contribution in [-0.2, 0) is 22.6 Å². The number of ether oxygens (including phenoxy) is 2. The number of likely N-dealkylation sites (tertiary alicyclic amines) is 1. The number of aromatic hydroxyl groups is 1. The molecule has 40 heavy (non-hydrogen) atoms. The number of pyridine rings is 1. The Hall–Kier alpha value is -4.11. The van der Waals surface area contributed by atoms with Gasteiger partial charge in [-0.3, -0.25) is 19.3 Å². The van der Waals surface area contributed by atoms with Gasteiger partial charge in [0.15, 0.2) is 5.76 Å². The molecular weight excluding hydrogens is 512 g/mol. The van der Waals surface area contributed by atoms with Crippen molar-refractivity contribution in [2.75, 3.05) is 26.8 Å². The number of carbonyl (C=O) groups is 1. The maximum Gasteiger partial charge on any atom is 0.306 e. The van der Waals surface area contributed by atoms with Crippen LogP contribution in [0.5, 0.6) is 11.5 Å². The normalized spacial score (nSPS) is 18.9. The molecule has 2 bridgehead atoms. The summed E-state index contributed by atoms with van der Waals surface area (Å²) < 4.78 is 18.6. The van der Waals surface area contributed by atoms with Crippen molar-refractivity contribution in [2.45, 2.75) is 44.7 Å². The number of benzene rings is 1. The highest BCUT2D eigenvalue weighted by molar-refractivity contribution is 5.71. The molecular formula is C31H34N2O7. The van der Waals surface area contributed by atoms with Crippen molar-refractivity contribution in [2.24, 2.45) is 5.92 Å². The third kappa shape index (κ3) is 5.89. The number of rotatable bonds is 9. The van der Waals surface area contributed by atoms with Crippen molar-refractivity contribution in [3.63, 3.8) is 0 Å². The Morgan fingerprint density at radius 3 is 2.65 bits per heavy atom. The van der Waals surface area contributed by atoms with E-state index in [-0.39, 0.29) is 23.7 Å². The van der Waals surface area contributed by atoms with E-state index in [4.69, 9.17) is 13.9 Å². The van der Waals surface area contributed by atoms with Crippen molar-refractivity contribution in [1.82, 2.24) is 9.47 Å². The van der Waals surface area contributed by atoms with E-state index in [1.165, 1.54) is 13.2 Å². The first-order chi connectivity index (χ1) is 19.2. The monoisotopic (exact) mass is 546 g/mol. The van der Waals surface area contributed by atoms with E-state index in [2.05, 4.69) is 11.5 Å². The quantitative estimate of drug-likeness (QED) is 0.319. The number of methoxy groups -OCH3 is 1. The Labute approximate surface area is 232 Å². The third-order valence-electron chi connectivity index (χ3n) is 7.62. The van der Waals surface area contributed by atoms with Crippen LogP contribution in [0.15, 0.2) is 74.7 Å². The van der Waals surface area contributed by atoms with Crippen molar-refractivity contribution >= 4 is 5.97 Å². The van der Waals surface area contributed by atoms with E-state index in [1.54, 1.807) is 36.4 Å².